The number of amides is 2. The fourth-order valence-electron chi connectivity index (χ4n) is 5.04. The summed E-state index contributed by atoms with van der Waals surface area (Å²) < 4.78 is 31.4. The van der Waals surface area contributed by atoms with E-state index >= 15 is 0 Å². The fourth-order valence-corrected chi connectivity index (χ4v) is 5.04. The van der Waals surface area contributed by atoms with Gasteiger partial charge in [-0.1, -0.05) is 0 Å². The van der Waals surface area contributed by atoms with Crippen LogP contribution in [0.1, 0.15) is 31.6 Å². The second kappa shape index (κ2) is 9.01. The maximum Gasteiger partial charge on any atom is 0.323 e. The number of alkyl halides is 2. The van der Waals surface area contributed by atoms with Crippen molar-refractivity contribution in [3.05, 3.63) is 36.4 Å². The average Bonchev–Trinajstić information content (AvgIpc) is 3.37. The topological polar surface area (TPSA) is 96.2 Å². The molecule has 2 aromatic heterocycles. The van der Waals surface area contributed by atoms with Crippen LogP contribution in [0.2, 0.25) is 0 Å². The van der Waals surface area contributed by atoms with Gasteiger partial charge in [0.15, 0.2) is 17.5 Å². The molecule has 2 bridgehead atoms. The number of aromatic nitrogens is 3. The zero-order valence-corrected chi connectivity index (χ0v) is 18.3. The number of oxazole rings is 1. The lowest BCUT2D eigenvalue weighted by molar-refractivity contribution is 0.133. The summed E-state index contributed by atoms with van der Waals surface area (Å²) in [6.45, 7) is 0.325. The first-order valence-electron chi connectivity index (χ1n) is 11.2. The van der Waals surface area contributed by atoms with Gasteiger partial charge in [0, 0.05) is 36.0 Å². The Kier molecular flexibility index (Phi) is 5.92. The van der Waals surface area contributed by atoms with Crippen LogP contribution < -0.4 is 10.6 Å². The molecule has 174 valence electrons. The first-order valence-corrected chi connectivity index (χ1v) is 11.2. The summed E-state index contributed by atoms with van der Waals surface area (Å²) in [6, 6.07) is 6.55. The number of rotatable bonds is 6. The summed E-state index contributed by atoms with van der Waals surface area (Å²) in [6.07, 6.45) is 4.81. The Labute approximate surface area is 189 Å². The van der Waals surface area contributed by atoms with Crippen LogP contribution in [0.25, 0.3) is 22.2 Å². The van der Waals surface area contributed by atoms with Gasteiger partial charge in [-0.05, 0) is 49.9 Å². The number of benzene rings is 1. The summed E-state index contributed by atoms with van der Waals surface area (Å²) in [5.41, 5.74) is 1.57. The molecule has 3 atom stereocenters. The molecule has 2 N–H and O–H groups in total. The number of urea groups is 1. The van der Waals surface area contributed by atoms with E-state index in [4.69, 9.17) is 4.42 Å². The number of nitrogens with one attached hydrogen (secondary N) is 2. The van der Waals surface area contributed by atoms with Crippen molar-refractivity contribution in [1.82, 2.24) is 25.4 Å². The van der Waals surface area contributed by atoms with E-state index in [1.807, 2.05) is 23.1 Å². The molecular weight excluding hydrogens is 430 g/mol. The van der Waals surface area contributed by atoms with E-state index in [0.29, 0.717) is 35.8 Å². The number of aryl methyl sites for hydroxylation is 1. The minimum absolute atomic E-state index is 0.0154. The van der Waals surface area contributed by atoms with Gasteiger partial charge in [0.1, 0.15) is 13.3 Å². The molecular formula is C23H26F2N6O2. The molecule has 0 spiro atoms. The first-order chi connectivity index (χ1) is 16.0. The van der Waals surface area contributed by atoms with Crippen LogP contribution in [0, 0.1) is 6.92 Å². The largest absolute Gasteiger partial charge is 0.441 e. The van der Waals surface area contributed by atoms with Crippen molar-refractivity contribution in [2.24, 2.45) is 0 Å². The van der Waals surface area contributed by atoms with Gasteiger partial charge in [-0.25, -0.2) is 18.6 Å². The van der Waals surface area contributed by atoms with Crippen molar-refractivity contribution in [3.63, 3.8) is 0 Å². The molecule has 4 heterocycles. The zero-order chi connectivity index (χ0) is 22.9. The molecule has 3 aromatic rings. The average molecular weight is 456 g/mol. The summed E-state index contributed by atoms with van der Waals surface area (Å²) in [5, 5.41) is 15.1. The molecule has 0 aliphatic carbocycles. The number of anilines is 1. The molecule has 0 unspecified atom stereocenters. The van der Waals surface area contributed by atoms with Gasteiger partial charge >= 0.3 is 6.03 Å². The maximum absolute atomic E-state index is 13.1. The Balaban J connectivity index is 1.29. The number of hydrogen-bond donors (Lipinski definition) is 2. The Morgan fingerprint density at radius 3 is 2.61 bits per heavy atom. The van der Waals surface area contributed by atoms with Crippen LogP contribution in [0.5, 0.6) is 0 Å². The van der Waals surface area contributed by atoms with Gasteiger partial charge in [-0.2, -0.15) is 0 Å². The third-order valence-corrected chi connectivity index (χ3v) is 6.54. The van der Waals surface area contributed by atoms with E-state index in [1.54, 1.807) is 19.2 Å². The van der Waals surface area contributed by atoms with E-state index in [9.17, 15) is 13.6 Å². The highest BCUT2D eigenvalue weighted by Gasteiger charge is 2.43. The summed E-state index contributed by atoms with van der Waals surface area (Å²) in [7, 11) is 0. The van der Waals surface area contributed by atoms with Crippen LogP contribution in [0.15, 0.2) is 34.9 Å². The van der Waals surface area contributed by atoms with Crippen LogP contribution in [-0.4, -0.2) is 63.6 Å². The first kappa shape index (κ1) is 21.7. The smallest absolute Gasteiger partial charge is 0.323 e. The Bertz CT molecular complexity index is 1140. The molecule has 2 aliphatic heterocycles. The number of piperidine rings is 1. The van der Waals surface area contributed by atoms with Gasteiger partial charge in [-0.15, -0.1) is 10.2 Å². The minimum atomic E-state index is -0.770. The molecule has 5 rings (SSSR count). The third kappa shape index (κ3) is 4.39. The molecule has 2 saturated heterocycles. The molecule has 10 heteroatoms. The standard InChI is InChI=1S/C23H26F2N6O2/c1-13-26-12-21(33-13)14-2-5-20-15(6-14)7-22(30-29-20)28-23(32)31-18-3-4-19(31)9-16(8-18)27-17(10-24)11-25/h2,5-7,12,16-19,27H,3-4,8-11H2,1H3,(H,28,30,32)/t16-,18-,19+. The van der Waals surface area contributed by atoms with Crippen molar-refractivity contribution in [1.29, 1.82) is 0 Å². The van der Waals surface area contributed by atoms with Crippen molar-refractivity contribution >= 4 is 22.8 Å². The molecule has 1 aromatic carbocycles. The Hall–Kier alpha value is -3.14. The molecule has 33 heavy (non-hydrogen) atoms. The SMILES string of the molecule is Cc1ncc(-c2ccc3nnc(NC(=O)N4[C@@H]5CC[C@H]4C[C@H](NC(CF)CF)C5)cc3c2)o1. The molecule has 2 fully saturated rings. The van der Waals surface area contributed by atoms with E-state index in [1.165, 1.54) is 0 Å². The lowest BCUT2D eigenvalue weighted by atomic mass is 9.97. The quantitative estimate of drug-likeness (QED) is 0.582. The number of hydrogen-bond acceptors (Lipinski definition) is 6. The predicted molar refractivity (Wildman–Crippen MR) is 119 cm³/mol. The second-order valence-electron chi connectivity index (χ2n) is 8.81. The summed E-state index contributed by atoms with van der Waals surface area (Å²) in [4.78, 5) is 19.1. The van der Waals surface area contributed by atoms with Crippen molar-refractivity contribution < 1.29 is 18.0 Å². The Morgan fingerprint density at radius 2 is 1.94 bits per heavy atom. The normalized spacial score (nSPS) is 22.3. The number of carbonyl (C=O) groups excluding carboxylic acids is 1. The van der Waals surface area contributed by atoms with Crippen molar-refractivity contribution in [2.45, 2.75) is 56.8 Å². The highest BCUT2D eigenvalue weighted by molar-refractivity contribution is 5.92. The van der Waals surface area contributed by atoms with Gasteiger partial charge in [0.2, 0.25) is 0 Å². The maximum atomic E-state index is 13.1. The second-order valence-corrected chi connectivity index (χ2v) is 8.81. The van der Waals surface area contributed by atoms with Gasteiger partial charge < -0.3 is 14.6 Å². The lowest BCUT2D eigenvalue weighted by Crippen LogP contribution is -2.54. The van der Waals surface area contributed by atoms with Crippen LogP contribution >= 0.6 is 0 Å². The molecule has 2 aliphatic rings. The van der Waals surface area contributed by atoms with Gasteiger partial charge in [0.05, 0.1) is 17.8 Å². The highest BCUT2D eigenvalue weighted by Crippen LogP contribution is 2.36. The van der Waals surface area contributed by atoms with Crippen LogP contribution in [-0.2, 0) is 0 Å². The summed E-state index contributed by atoms with van der Waals surface area (Å²) >= 11 is 0. The molecule has 0 saturated carbocycles. The van der Waals surface area contributed by atoms with Gasteiger partial charge in [-0.3, -0.25) is 5.32 Å². The highest BCUT2D eigenvalue weighted by atomic mass is 19.1. The van der Waals surface area contributed by atoms with Crippen LogP contribution in [0.3, 0.4) is 0 Å². The molecule has 2 amide bonds. The van der Waals surface area contributed by atoms with E-state index < -0.39 is 19.4 Å². The molecule has 0 radical (unpaired) electrons. The molecule has 8 nitrogen and oxygen atoms in total. The third-order valence-electron chi connectivity index (χ3n) is 6.54. The summed E-state index contributed by atoms with van der Waals surface area (Å²) in [5.74, 6) is 1.62. The lowest BCUT2D eigenvalue weighted by Gasteiger charge is -2.39. The number of nitrogens with zero attached hydrogens (tertiary/aromatic N) is 4. The minimum Gasteiger partial charge on any atom is -0.441 e. The fraction of sp³-hybridized carbons (Fsp3) is 0.478. The number of fused-ring (bicyclic) bond motifs is 3. The van der Waals surface area contributed by atoms with E-state index in [2.05, 4.69) is 25.8 Å². The predicted octanol–water partition coefficient (Wildman–Crippen LogP) is 4.02. The Morgan fingerprint density at radius 1 is 1.18 bits per heavy atom. The van der Waals surface area contributed by atoms with Crippen molar-refractivity contribution in [3.8, 4) is 11.3 Å². The van der Waals surface area contributed by atoms with E-state index in [-0.39, 0.29) is 24.2 Å². The zero-order valence-electron chi connectivity index (χ0n) is 18.3. The van der Waals surface area contributed by atoms with Crippen molar-refractivity contribution in [2.75, 3.05) is 18.7 Å². The monoisotopic (exact) mass is 456 g/mol. The van der Waals surface area contributed by atoms with E-state index in [0.717, 1.165) is 23.8 Å². The van der Waals surface area contributed by atoms with Gasteiger partial charge in [0.25, 0.3) is 0 Å². The van der Waals surface area contributed by atoms with Crippen LogP contribution in [0.4, 0.5) is 19.4 Å². The number of carbonyl (C=O) groups is 1. The number of halogens is 2.